The molecule has 0 saturated heterocycles. The molecule has 2 heterocycles. The van der Waals surface area contributed by atoms with Crippen LogP contribution in [0.3, 0.4) is 0 Å². The fraction of sp³-hybridized carbons (Fsp3) is 0.385. The predicted octanol–water partition coefficient (Wildman–Crippen LogP) is 2.26. The summed E-state index contributed by atoms with van der Waals surface area (Å²) in [4.78, 5) is 4.01. The van der Waals surface area contributed by atoms with Crippen LogP contribution in [-0.2, 0) is 6.42 Å². The molecule has 0 bridgehead atoms. The van der Waals surface area contributed by atoms with Crippen LogP contribution < -0.4 is 11.3 Å². The summed E-state index contributed by atoms with van der Waals surface area (Å²) < 4.78 is 1.90. The molecule has 1 atom stereocenters. The Morgan fingerprint density at radius 1 is 1.37 bits per heavy atom. The number of hydrogen-bond acceptors (Lipinski definition) is 4. The first-order chi connectivity index (χ1) is 9.13. The van der Waals surface area contributed by atoms with E-state index >= 15 is 0 Å². The minimum absolute atomic E-state index is 0.0835. The van der Waals surface area contributed by atoms with Crippen LogP contribution in [0, 0.1) is 0 Å². The van der Waals surface area contributed by atoms with Gasteiger partial charge in [0.1, 0.15) is 0 Å². The monoisotopic (exact) mass is 279 g/mol. The quantitative estimate of drug-likeness (QED) is 0.651. The summed E-state index contributed by atoms with van der Waals surface area (Å²) in [5, 5.41) is 4.93. The van der Waals surface area contributed by atoms with E-state index < -0.39 is 0 Å². The van der Waals surface area contributed by atoms with Crippen LogP contribution in [0.15, 0.2) is 30.7 Å². The Bertz CT molecular complexity index is 523. The standard InChI is InChI=1S/C13H18ClN5/c1-9(2)19-13(11(14)8-17-19)12(18-15)7-10-3-5-16-6-4-10/h3-6,8-9,12,18H,7,15H2,1-2H3. The molecule has 0 saturated carbocycles. The molecule has 0 aromatic carbocycles. The highest BCUT2D eigenvalue weighted by atomic mass is 35.5. The predicted molar refractivity (Wildman–Crippen MR) is 75.6 cm³/mol. The van der Waals surface area contributed by atoms with Crippen molar-refractivity contribution in [3.63, 3.8) is 0 Å². The van der Waals surface area contributed by atoms with E-state index in [0.717, 1.165) is 17.7 Å². The van der Waals surface area contributed by atoms with Gasteiger partial charge in [-0.25, -0.2) is 0 Å². The maximum absolute atomic E-state index is 6.24. The second-order valence-electron chi connectivity index (χ2n) is 4.69. The maximum atomic E-state index is 6.24. The lowest BCUT2D eigenvalue weighted by Crippen LogP contribution is -2.32. The van der Waals surface area contributed by atoms with Crippen LogP contribution >= 0.6 is 11.6 Å². The average molecular weight is 280 g/mol. The first-order valence-electron chi connectivity index (χ1n) is 6.21. The third-order valence-electron chi connectivity index (χ3n) is 3.00. The average Bonchev–Trinajstić information content (AvgIpc) is 2.79. The van der Waals surface area contributed by atoms with Crippen LogP contribution in [-0.4, -0.2) is 14.8 Å². The summed E-state index contributed by atoms with van der Waals surface area (Å²) in [5.74, 6) is 5.68. The van der Waals surface area contributed by atoms with Crippen LogP contribution in [0.4, 0.5) is 0 Å². The Kier molecular flexibility index (Phi) is 4.52. The van der Waals surface area contributed by atoms with Gasteiger partial charge in [0.2, 0.25) is 0 Å². The molecule has 0 spiro atoms. The molecule has 2 aromatic heterocycles. The molecule has 0 aliphatic rings. The second-order valence-corrected chi connectivity index (χ2v) is 5.10. The van der Waals surface area contributed by atoms with Gasteiger partial charge >= 0.3 is 0 Å². The topological polar surface area (TPSA) is 68.8 Å². The summed E-state index contributed by atoms with van der Waals surface area (Å²) in [7, 11) is 0. The number of nitrogens with zero attached hydrogens (tertiary/aromatic N) is 3. The first-order valence-corrected chi connectivity index (χ1v) is 6.59. The number of hydrogen-bond donors (Lipinski definition) is 2. The molecule has 1 unspecified atom stereocenters. The van der Waals surface area contributed by atoms with Crippen molar-refractivity contribution in [2.45, 2.75) is 32.4 Å². The molecule has 3 N–H and O–H groups in total. The first kappa shape index (κ1) is 14.0. The summed E-state index contributed by atoms with van der Waals surface area (Å²) in [5.41, 5.74) is 4.88. The van der Waals surface area contributed by atoms with Gasteiger partial charge in [-0.2, -0.15) is 5.10 Å². The van der Waals surface area contributed by atoms with E-state index in [0.29, 0.717) is 5.02 Å². The number of pyridine rings is 1. The minimum Gasteiger partial charge on any atom is -0.271 e. The van der Waals surface area contributed by atoms with Gasteiger partial charge in [0.25, 0.3) is 0 Å². The smallest absolute Gasteiger partial charge is 0.0834 e. The number of hydrazine groups is 1. The highest BCUT2D eigenvalue weighted by Gasteiger charge is 2.21. The van der Waals surface area contributed by atoms with Crippen LogP contribution in [0.25, 0.3) is 0 Å². The Labute approximate surface area is 117 Å². The normalized spacial score (nSPS) is 12.9. The van der Waals surface area contributed by atoms with Crippen LogP contribution in [0.2, 0.25) is 5.02 Å². The summed E-state index contributed by atoms with van der Waals surface area (Å²) in [6, 6.07) is 4.08. The van der Waals surface area contributed by atoms with Crippen LogP contribution in [0.5, 0.6) is 0 Å². The van der Waals surface area contributed by atoms with Crippen LogP contribution in [0.1, 0.15) is 37.2 Å². The minimum atomic E-state index is -0.0835. The molecular formula is C13H18ClN5. The van der Waals surface area contributed by atoms with Gasteiger partial charge in [-0.05, 0) is 38.0 Å². The summed E-state index contributed by atoms with van der Waals surface area (Å²) >= 11 is 6.24. The number of nitrogens with one attached hydrogen (secondary N) is 1. The number of rotatable bonds is 5. The van der Waals surface area contributed by atoms with E-state index in [-0.39, 0.29) is 12.1 Å². The van der Waals surface area contributed by atoms with E-state index in [1.54, 1.807) is 18.6 Å². The molecule has 6 heteroatoms. The number of halogens is 1. The molecule has 2 aromatic rings. The van der Waals surface area contributed by atoms with Crippen molar-refractivity contribution in [3.8, 4) is 0 Å². The van der Waals surface area contributed by atoms with E-state index in [1.165, 1.54) is 0 Å². The van der Waals surface area contributed by atoms with Gasteiger partial charge < -0.3 is 0 Å². The van der Waals surface area contributed by atoms with Gasteiger partial charge in [-0.1, -0.05) is 11.6 Å². The molecule has 0 aliphatic carbocycles. The van der Waals surface area contributed by atoms with E-state index in [4.69, 9.17) is 17.4 Å². The van der Waals surface area contributed by atoms with Crippen molar-refractivity contribution in [1.29, 1.82) is 0 Å². The second kappa shape index (κ2) is 6.14. The molecule has 0 aliphatic heterocycles. The van der Waals surface area contributed by atoms with E-state index in [1.807, 2.05) is 16.8 Å². The molecule has 102 valence electrons. The number of aromatic nitrogens is 3. The zero-order chi connectivity index (χ0) is 13.8. The van der Waals surface area contributed by atoms with Crippen molar-refractivity contribution in [3.05, 3.63) is 47.0 Å². The highest BCUT2D eigenvalue weighted by Crippen LogP contribution is 2.27. The third kappa shape index (κ3) is 3.12. The fourth-order valence-electron chi connectivity index (χ4n) is 2.08. The third-order valence-corrected chi connectivity index (χ3v) is 3.29. The molecule has 0 amide bonds. The Hall–Kier alpha value is -1.43. The lowest BCUT2D eigenvalue weighted by atomic mass is 10.0. The van der Waals surface area contributed by atoms with E-state index in [9.17, 15) is 0 Å². The largest absolute Gasteiger partial charge is 0.271 e. The zero-order valence-corrected chi connectivity index (χ0v) is 11.8. The lowest BCUT2D eigenvalue weighted by Gasteiger charge is -2.20. The van der Waals surface area contributed by atoms with Gasteiger partial charge in [0.05, 0.1) is 23.0 Å². The Balaban J connectivity index is 2.29. The number of nitrogens with two attached hydrogens (primary N) is 1. The van der Waals surface area contributed by atoms with Gasteiger partial charge in [-0.3, -0.25) is 20.9 Å². The zero-order valence-electron chi connectivity index (χ0n) is 11.0. The molecule has 2 rings (SSSR count). The van der Waals surface area contributed by atoms with Gasteiger partial charge in [-0.15, -0.1) is 0 Å². The fourth-order valence-corrected chi connectivity index (χ4v) is 2.34. The van der Waals surface area contributed by atoms with E-state index in [2.05, 4.69) is 29.4 Å². The van der Waals surface area contributed by atoms with Crippen molar-refractivity contribution in [2.75, 3.05) is 0 Å². The lowest BCUT2D eigenvalue weighted by molar-refractivity contribution is 0.448. The van der Waals surface area contributed by atoms with Crippen molar-refractivity contribution >= 4 is 11.6 Å². The van der Waals surface area contributed by atoms with Crippen molar-refractivity contribution < 1.29 is 0 Å². The summed E-state index contributed by atoms with van der Waals surface area (Å²) in [6.45, 7) is 4.12. The SMILES string of the molecule is CC(C)n1ncc(Cl)c1C(Cc1ccncc1)NN. The highest BCUT2D eigenvalue weighted by molar-refractivity contribution is 6.31. The molecular weight excluding hydrogens is 262 g/mol. The Morgan fingerprint density at radius 2 is 2.05 bits per heavy atom. The summed E-state index contributed by atoms with van der Waals surface area (Å²) in [6.07, 6.45) is 5.93. The molecule has 5 nitrogen and oxygen atoms in total. The molecule has 19 heavy (non-hydrogen) atoms. The molecule has 0 radical (unpaired) electrons. The maximum Gasteiger partial charge on any atom is 0.0834 e. The molecule has 0 fully saturated rings. The van der Waals surface area contributed by atoms with Crippen molar-refractivity contribution in [2.24, 2.45) is 5.84 Å². The van der Waals surface area contributed by atoms with Gasteiger partial charge in [0, 0.05) is 18.4 Å². The Morgan fingerprint density at radius 3 is 2.63 bits per heavy atom. The van der Waals surface area contributed by atoms with Gasteiger partial charge in [0.15, 0.2) is 0 Å². The van der Waals surface area contributed by atoms with Crippen molar-refractivity contribution in [1.82, 2.24) is 20.2 Å².